The summed E-state index contributed by atoms with van der Waals surface area (Å²) < 4.78 is 5.36. The summed E-state index contributed by atoms with van der Waals surface area (Å²) in [6, 6.07) is 14.0. The molecule has 0 saturated carbocycles. The van der Waals surface area contributed by atoms with Crippen LogP contribution in [0.4, 0.5) is 0 Å². The molecular weight excluding hydrogens is 463 g/mol. The Morgan fingerprint density at radius 1 is 1.03 bits per heavy atom. The maximum absolute atomic E-state index is 12.9. The van der Waals surface area contributed by atoms with Gasteiger partial charge in [0.25, 0.3) is 5.91 Å². The number of hydrogen-bond acceptors (Lipinski definition) is 4. The Bertz CT molecular complexity index is 1140. The van der Waals surface area contributed by atoms with Gasteiger partial charge >= 0.3 is 5.97 Å². The van der Waals surface area contributed by atoms with Crippen molar-refractivity contribution in [2.75, 3.05) is 7.11 Å². The van der Waals surface area contributed by atoms with Crippen molar-refractivity contribution in [1.82, 2.24) is 10.3 Å². The highest BCUT2D eigenvalue weighted by Gasteiger charge is 2.23. The number of amides is 1. The molecule has 1 heterocycles. The molecule has 0 saturated heterocycles. The van der Waals surface area contributed by atoms with Gasteiger partial charge in [-0.05, 0) is 29.8 Å². The van der Waals surface area contributed by atoms with Crippen molar-refractivity contribution in [2.24, 2.45) is 0 Å². The molecule has 0 radical (unpaired) electrons. The van der Waals surface area contributed by atoms with Crippen LogP contribution in [0.5, 0.6) is 5.75 Å². The molecule has 6 nitrogen and oxygen atoms in total. The molecule has 0 fully saturated rings. The van der Waals surface area contributed by atoms with Gasteiger partial charge in [0.15, 0.2) is 0 Å². The van der Waals surface area contributed by atoms with E-state index >= 15 is 0 Å². The number of nitrogens with one attached hydrogen (secondary N) is 1. The molecule has 9 heteroatoms. The van der Waals surface area contributed by atoms with Crippen molar-refractivity contribution in [3.05, 3.63) is 80.9 Å². The quantitative estimate of drug-likeness (QED) is 0.456. The fourth-order valence-electron chi connectivity index (χ4n) is 3.02. The van der Waals surface area contributed by atoms with Crippen molar-refractivity contribution < 1.29 is 19.4 Å². The zero-order valence-corrected chi connectivity index (χ0v) is 18.5. The van der Waals surface area contributed by atoms with Gasteiger partial charge in [0, 0.05) is 10.6 Å². The molecule has 2 N–H and O–H groups in total. The molecule has 0 bridgehead atoms. The molecule has 1 aromatic heterocycles. The summed E-state index contributed by atoms with van der Waals surface area (Å²) in [5.41, 5.74) is 1.37. The Kier molecular flexibility index (Phi) is 7.38. The van der Waals surface area contributed by atoms with E-state index in [4.69, 9.17) is 39.5 Å². The number of carbonyl (C=O) groups excluding carboxylic acids is 1. The number of rotatable bonds is 7. The van der Waals surface area contributed by atoms with E-state index in [1.54, 1.807) is 48.5 Å². The van der Waals surface area contributed by atoms with Gasteiger partial charge in [-0.1, -0.05) is 65.1 Å². The third-order valence-electron chi connectivity index (χ3n) is 4.48. The normalized spacial score (nSPS) is 11.6. The number of halogens is 3. The molecule has 2 aromatic carbocycles. The summed E-state index contributed by atoms with van der Waals surface area (Å²) in [7, 11) is 1.47. The van der Waals surface area contributed by atoms with Crippen LogP contribution in [-0.4, -0.2) is 29.1 Å². The molecule has 3 rings (SSSR count). The molecule has 0 aliphatic carbocycles. The summed E-state index contributed by atoms with van der Waals surface area (Å²) >= 11 is 18.6. The van der Waals surface area contributed by atoms with E-state index in [2.05, 4.69) is 10.3 Å². The number of hydrogen-bond donors (Lipinski definition) is 2. The SMILES string of the molecule is COc1ccc(C(=O)NC(CC(=O)O)c2ccccc2Cl)nc1-c1cccc(Cl)c1Cl. The highest BCUT2D eigenvalue weighted by Crippen LogP contribution is 2.37. The molecule has 3 aromatic rings. The number of carboxylic acids is 1. The first-order valence-electron chi connectivity index (χ1n) is 9.08. The lowest BCUT2D eigenvalue weighted by Gasteiger charge is -2.19. The van der Waals surface area contributed by atoms with Crippen LogP contribution >= 0.6 is 34.8 Å². The number of nitrogens with zero attached hydrogens (tertiary/aromatic N) is 1. The van der Waals surface area contributed by atoms with Crippen LogP contribution in [0.3, 0.4) is 0 Å². The van der Waals surface area contributed by atoms with Gasteiger partial charge in [-0.25, -0.2) is 4.98 Å². The second-order valence-corrected chi connectivity index (χ2v) is 7.69. The fraction of sp³-hybridized carbons (Fsp3) is 0.136. The first kappa shape index (κ1) is 22.9. The van der Waals surface area contributed by atoms with E-state index in [1.165, 1.54) is 13.2 Å². The molecule has 0 aliphatic rings. The minimum absolute atomic E-state index is 0.0503. The van der Waals surface area contributed by atoms with Crippen molar-refractivity contribution in [2.45, 2.75) is 12.5 Å². The van der Waals surface area contributed by atoms with Crippen LogP contribution in [0.25, 0.3) is 11.3 Å². The summed E-state index contributed by atoms with van der Waals surface area (Å²) in [4.78, 5) is 28.7. The summed E-state index contributed by atoms with van der Waals surface area (Å²) in [5.74, 6) is -1.26. The van der Waals surface area contributed by atoms with Crippen LogP contribution in [0, 0.1) is 0 Å². The van der Waals surface area contributed by atoms with Crippen LogP contribution in [0.1, 0.15) is 28.5 Å². The van der Waals surface area contributed by atoms with Crippen LogP contribution in [-0.2, 0) is 4.79 Å². The Hall–Kier alpha value is -2.80. The first-order chi connectivity index (χ1) is 14.8. The van der Waals surface area contributed by atoms with Gasteiger partial charge in [0.2, 0.25) is 0 Å². The summed E-state index contributed by atoms with van der Waals surface area (Å²) in [6.45, 7) is 0. The number of benzene rings is 2. The Morgan fingerprint density at radius 2 is 1.74 bits per heavy atom. The van der Waals surface area contributed by atoms with E-state index in [0.29, 0.717) is 32.6 Å². The minimum Gasteiger partial charge on any atom is -0.494 e. The minimum atomic E-state index is -1.08. The third kappa shape index (κ3) is 5.28. The lowest BCUT2D eigenvalue weighted by molar-refractivity contribution is -0.137. The van der Waals surface area contributed by atoms with E-state index in [9.17, 15) is 14.7 Å². The predicted octanol–water partition coefficient (Wildman–Crippen LogP) is 5.66. The summed E-state index contributed by atoms with van der Waals surface area (Å²) in [5, 5.41) is 12.9. The Labute approximate surface area is 193 Å². The van der Waals surface area contributed by atoms with Gasteiger partial charge in [-0.3, -0.25) is 9.59 Å². The number of ether oxygens (including phenoxy) is 1. The second kappa shape index (κ2) is 10.0. The third-order valence-corrected chi connectivity index (χ3v) is 5.65. The molecule has 0 spiro atoms. The Morgan fingerprint density at radius 3 is 2.42 bits per heavy atom. The maximum atomic E-state index is 12.9. The molecule has 1 unspecified atom stereocenters. The molecule has 31 heavy (non-hydrogen) atoms. The number of methoxy groups -OCH3 is 1. The number of aromatic nitrogens is 1. The monoisotopic (exact) mass is 478 g/mol. The van der Waals surface area contributed by atoms with Gasteiger partial charge in [-0.2, -0.15) is 0 Å². The van der Waals surface area contributed by atoms with Crippen molar-refractivity contribution in [1.29, 1.82) is 0 Å². The fourth-order valence-corrected chi connectivity index (χ4v) is 3.68. The summed E-state index contributed by atoms with van der Waals surface area (Å²) in [6.07, 6.45) is -0.349. The van der Waals surface area contributed by atoms with E-state index < -0.39 is 17.9 Å². The lowest BCUT2D eigenvalue weighted by atomic mass is 10.0. The number of carbonyl (C=O) groups is 2. The molecule has 1 amide bonds. The van der Waals surface area contributed by atoms with Gasteiger partial charge in [-0.15, -0.1) is 0 Å². The van der Waals surface area contributed by atoms with Crippen molar-refractivity contribution in [3.63, 3.8) is 0 Å². The highest BCUT2D eigenvalue weighted by molar-refractivity contribution is 6.43. The lowest BCUT2D eigenvalue weighted by Crippen LogP contribution is -2.31. The molecule has 160 valence electrons. The number of pyridine rings is 1. The average molecular weight is 480 g/mol. The predicted molar refractivity (Wildman–Crippen MR) is 120 cm³/mol. The number of aliphatic carboxylic acids is 1. The molecular formula is C22H17Cl3N2O4. The van der Waals surface area contributed by atoms with Crippen LogP contribution in [0.15, 0.2) is 54.6 Å². The van der Waals surface area contributed by atoms with Gasteiger partial charge < -0.3 is 15.2 Å². The van der Waals surface area contributed by atoms with Gasteiger partial charge in [0.05, 0.1) is 29.6 Å². The Balaban J connectivity index is 1.98. The zero-order chi connectivity index (χ0) is 22.5. The number of carboxylic acid groups (broad SMARTS) is 1. The topological polar surface area (TPSA) is 88.5 Å². The van der Waals surface area contributed by atoms with Crippen molar-refractivity contribution in [3.8, 4) is 17.0 Å². The average Bonchev–Trinajstić information content (AvgIpc) is 2.74. The smallest absolute Gasteiger partial charge is 0.305 e. The van der Waals surface area contributed by atoms with Crippen LogP contribution in [0.2, 0.25) is 15.1 Å². The van der Waals surface area contributed by atoms with E-state index in [-0.39, 0.29) is 17.1 Å². The van der Waals surface area contributed by atoms with Gasteiger partial charge in [0.1, 0.15) is 17.1 Å². The maximum Gasteiger partial charge on any atom is 0.305 e. The van der Waals surface area contributed by atoms with E-state index in [1.807, 2.05) is 0 Å². The van der Waals surface area contributed by atoms with Crippen LogP contribution < -0.4 is 10.1 Å². The standard InChI is InChI=1S/C22H17Cl3N2O4/c1-31-18-10-9-16(26-21(18)13-6-4-8-15(24)20(13)25)22(30)27-17(11-19(28)29)12-5-2-3-7-14(12)23/h2-10,17H,11H2,1H3,(H,27,30)(H,28,29). The highest BCUT2D eigenvalue weighted by atomic mass is 35.5. The van der Waals surface area contributed by atoms with E-state index in [0.717, 1.165) is 0 Å². The zero-order valence-electron chi connectivity index (χ0n) is 16.2. The molecule has 0 aliphatic heterocycles. The van der Waals surface area contributed by atoms with Crippen molar-refractivity contribution >= 4 is 46.7 Å². The molecule has 1 atom stereocenters. The largest absolute Gasteiger partial charge is 0.494 e. The first-order valence-corrected chi connectivity index (χ1v) is 10.2. The second-order valence-electron chi connectivity index (χ2n) is 6.49.